The number of hydrogen-bond donors (Lipinski definition) is 1. The Morgan fingerprint density at radius 3 is 3.18 bits per heavy atom. The highest BCUT2D eigenvalue weighted by atomic mass is 32.2. The second kappa shape index (κ2) is 2.70. The maximum Gasteiger partial charge on any atom is 0.154 e. The van der Waals surface area contributed by atoms with Gasteiger partial charge in [0.15, 0.2) is 5.17 Å². The summed E-state index contributed by atoms with van der Waals surface area (Å²) >= 11 is 1.78. The minimum absolute atomic E-state index is 0.552. The number of fused-ring (bicyclic) bond motifs is 1. The second-order valence-corrected chi connectivity index (χ2v) is 4.87. The molecule has 0 saturated heterocycles. The summed E-state index contributed by atoms with van der Waals surface area (Å²) in [6.07, 6.45) is 3.89. The van der Waals surface area contributed by atoms with Crippen molar-refractivity contribution in [1.82, 2.24) is 0 Å². The van der Waals surface area contributed by atoms with Crippen molar-refractivity contribution in [2.45, 2.75) is 37.5 Å². The highest BCUT2D eigenvalue weighted by molar-refractivity contribution is 8.14. The van der Waals surface area contributed by atoms with Crippen LogP contribution in [-0.2, 0) is 0 Å². The number of aliphatic imine (C=N–C) groups is 1. The van der Waals surface area contributed by atoms with Gasteiger partial charge in [-0.25, -0.2) is 0 Å². The molecule has 2 N–H and O–H groups in total. The number of rotatable bonds is 0. The first kappa shape index (κ1) is 7.47. The van der Waals surface area contributed by atoms with Gasteiger partial charge in [0, 0.05) is 5.25 Å². The van der Waals surface area contributed by atoms with Crippen molar-refractivity contribution in [2.75, 3.05) is 0 Å². The molecule has 0 aromatic carbocycles. The first-order valence-electron chi connectivity index (χ1n) is 4.25. The van der Waals surface area contributed by atoms with Gasteiger partial charge in [0.2, 0.25) is 0 Å². The highest BCUT2D eigenvalue weighted by Crippen LogP contribution is 2.38. The van der Waals surface area contributed by atoms with Crippen LogP contribution in [0.2, 0.25) is 0 Å². The molecule has 1 saturated carbocycles. The predicted molar refractivity (Wildman–Crippen MR) is 49.8 cm³/mol. The molecule has 0 bridgehead atoms. The average molecular weight is 170 g/mol. The van der Waals surface area contributed by atoms with Gasteiger partial charge in [-0.1, -0.05) is 18.7 Å². The molecule has 0 amide bonds. The molecule has 1 heterocycles. The zero-order valence-electron chi connectivity index (χ0n) is 6.79. The summed E-state index contributed by atoms with van der Waals surface area (Å²) in [5, 5.41) is 1.52. The van der Waals surface area contributed by atoms with Crippen LogP contribution in [0.3, 0.4) is 0 Å². The van der Waals surface area contributed by atoms with Crippen molar-refractivity contribution < 1.29 is 0 Å². The Morgan fingerprint density at radius 1 is 1.55 bits per heavy atom. The van der Waals surface area contributed by atoms with E-state index in [1.165, 1.54) is 19.3 Å². The molecule has 2 rings (SSSR count). The van der Waals surface area contributed by atoms with Gasteiger partial charge in [-0.05, 0) is 25.2 Å². The van der Waals surface area contributed by atoms with Crippen LogP contribution in [0.5, 0.6) is 0 Å². The zero-order valence-corrected chi connectivity index (χ0v) is 7.60. The molecule has 3 atom stereocenters. The van der Waals surface area contributed by atoms with Crippen LogP contribution >= 0.6 is 11.8 Å². The molecule has 11 heavy (non-hydrogen) atoms. The van der Waals surface area contributed by atoms with E-state index in [-0.39, 0.29) is 0 Å². The summed E-state index contributed by atoms with van der Waals surface area (Å²) in [5.74, 6) is 0.879. The normalized spacial score (nSPS) is 43.4. The number of amidine groups is 1. The lowest BCUT2D eigenvalue weighted by Gasteiger charge is -2.26. The quantitative estimate of drug-likeness (QED) is 0.599. The molecule has 0 spiro atoms. The third-order valence-electron chi connectivity index (χ3n) is 2.58. The zero-order chi connectivity index (χ0) is 7.84. The molecule has 2 nitrogen and oxygen atoms in total. The fourth-order valence-corrected chi connectivity index (χ4v) is 3.22. The van der Waals surface area contributed by atoms with Crippen molar-refractivity contribution >= 4 is 16.9 Å². The van der Waals surface area contributed by atoms with Gasteiger partial charge in [0.25, 0.3) is 0 Å². The van der Waals surface area contributed by atoms with Gasteiger partial charge in [-0.2, -0.15) is 0 Å². The SMILES string of the molecule is CC1CCC2N=C(N)SC2C1. The lowest BCUT2D eigenvalue weighted by molar-refractivity contribution is 0.363. The van der Waals surface area contributed by atoms with Crippen LogP contribution in [0.25, 0.3) is 0 Å². The topological polar surface area (TPSA) is 38.4 Å². The van der Waals surface area contributed by atoms with Gasteiger partial charge in [-0.3, -0.25) is 4.99 Å². The predicted octanol–water partition coefficient (Wildman–Crippen LogP) is 1.61. The summed E-state index contributed by atoms with van der Waals surface area (Å²) < 4.78 is 0. The molecule has 0 aromatic heterocycles. The molecular weight excluding hydrogens is 156 g/mol. The molecule has 3 heteroatoms. The van der Waals surface area contributed by atoms with Crippen molar-refractivity contribution in [2.24, 2.45) is 16.6 Å². The molecular formula is C8H14N2S. The van der Waals surface area contributed by atoms with E-state index in [1.54, 1.807) is 11.8 Å². The Labute approximate surface area is 71.6 Å². The molecule has 0 radical (unpaired) electrons. The smallest absolute Gasteiger partial charge is 0.154 e. The van der Waals surface area contributed by atoms with Gasteiger partial charge >= 0.3 is 0 Å². The maximum atomic E-state index is 5.65. The monoisotopic (exact) mass is 170 g/mol. The number of nitrogens with two attached hydrogens (primary N) is 1. The van der Waals surface area contributed by atoms with Crippen LogP contribution in [-0.4, -0.2) is 16.5 Å². The standard InChI is InChI=1S/C8H14N2S/c1-5-2-3-6-7(4-5)11-8(9)10-6/h5-7H,2-4H2,1H3,(H2,9,10). The Morgan fingerprint density at radius 2 is 2.36 bits per heavy atom. The molecule has 1 aliphatic carbocycles. The Hall–Kier alpha value is -0.180. The summed E-state index contributed by atoms with van der Waals surface area (Å²) in [6.45, 7) is 2.32. The van der Waals surface area contributed by atoms with Crippen LogP contribution < -0.4 is 5.73 Å². The van der Waals surface area contributed by atoms with Crippen LogP contribution in [0.15, 0.2) is 4.99 Å². The van der Waals surface area contributed by atoms with Gasteiger partial charge in [0.05, 0.1) is 6.04 Å². The van der Waals surface area contributed by atoms with Gasteiger partial charge in [-0.15, -0.1) is 0 Å². The van der Waals surface area contributed by atoms with E-state index in [9.17, 15) is 0 Å². The Bertz CT molecular complexity index is 191. The molecule has 1 aliphatic heterocycles. The number of nitrogens with zero attached hydrogens (tertiary/aromatic N) is 1. The summed E-state index contributed by atoms with van der Waals surface area (Å²) in [4.78, 5) is 4.40. The van der Waals surface area contributed by atoms with E-state index < -0.39 is 0 Å². The summed E-state index contributed by atoms with van der Waals surface area (Å²) in [6, 6.07) is 0.552. The first-order chi connectivity index (χ1) is 5.25. The Balaban J connectivity index is 2.03. The average Bonchev–Trinajstić information content (AvgIpc) is 2.27. The maximum absolute atomic E-state index is 5.65. The van der Waals surface area contributed by atoms with Crippen molar-refractivity contribution in [3.63, 3.8) is 0 Å². The fourth-order valence-electron chi connectivity index (χ4n) is 1.94. The van der Waals surface area contributed by atoms with Crippen LogP contribution in [0.4, 0.5) is 0 Å². The lowest BCUT2D eigenvalue weighted by atomic mass is 9.87. The minimum atomic E-state index is 0.552. The number of thioether (sulfide) groups is 1. The summed E-state index contributed by atoms with van der Waals surface area (Å²) in [7, 11) is 0. The van der Waals surface area contributed by atoms with Crippen LogP contribution in [0.1, 0.15) is 26.2 Å². The molecule has 0 aromatic rings. The molecule has 3 unspecified atom stereocenters. The van der Waals surface area contributed by atoms with E-state index in [0.717, 1.165) is 11.1 Å². The van der Waals surface area contributed by atoms with Crippen LogP contribution in [0, 0.1) is 5.92 Å². The molecule has 62 valence electrons. The Kier molecular flexibility index (Phi) is 1.83. The van der Waals surface area contributed by atoms with E-state index in [1.807, 2.05) is 0 Å². The second-order valence-electron chi connectivity index (χ2n) is 3.61. The fraction of sp³-hybridized carbons (Fsp3) is 0.875. The highest BCUT2D eigenvalue weighted by Gasteiger charge is 2.33. The summed E-state index contributed by atoms with van der Waals surface area (Å²) in [5.41, 5.74) is 5.65. The van der Waals surface area contributed by atoms with Crippen molar-refractivity contribution in [1.29, 1.82) is 0 Å². The largest absolute Gasteiger partial charge is 0.379 e. The van der Waals surface area contributed by atoms with Gasteiger partial charge < -0.3 is 5.73 Å². The van der Waals surface area contributed by atoms with Crippen molar-refractivity contribution in [3.05, 3.63) is 0 Å². The first-order valence-corrected chi connectivity index (χ1v) is 5.13. The lowest BCUT2D eigenvalue weighted by Crippen LogP contribution is -2.26. The third-order valence-corrected chi connectivity index (χ3v) is 3.74. The third kappa shape index (κ3) is 1.39. The van der Waals surface area contributed by atoms with E-state index in [4.69, 9.17) is 5.73 Å². The van der Waals surface area contributed by atoms with E-state index >= 15 is 0 Å². The number of hydrogen-bond acceptors (Lipinski definition) is 3. The molecule has 1 fully saturated rings. The minimum Gasteiger partial charge on any atom is -0.379 e. The van der Waals surface area contributed by atoms with E-state index in [2.05, 4.69) is 11.9 Å². The van der Waals surface area contributed by atoms with Crippen molar-refractivity contribution in [3.8, 4) is 0 Å². The van der Waals surface area contributed by atoms with E-state index in [0.29, 0.717) is 11.3 Å². The van der Waals surface area contributed by atoms with Gasteiger partial charge in [0.1, 0.15) is 0 Å². The molecule has 2 aliphatic rings.